The van der Waals surface area contributed by atoms with Gasteiger partial charge in [0.2, 0.25) is 0 Å². The monoisotopic (exact) mass is 440 g/mol. The maximum atomic E-state index is 13.9. The van der Waals surface area contributed by atoms with E-state index in [0.717, 1.165) is 5.56 Å². The zero-order valence-corrected chi connectivity index (χ0v) is 16.1. The zero-order chi connectivity index (χ0) is 19.5. The van der Waals surface area contributed by atoms with Crippen molar-refractivity contribution in [3.63, 3.8) is 0 Å². The van der Waals surface area contributed by atoms with Crippen LogP contribution < -0.4 is 0 Å². The van der Waals surface area contributed by atoms with Crippen molar-refractivity contribution < 1.29 is 31.8 Å². The fraction of sp³-hybridized carbons (Fsp3) is 0.611. The summed E-state index contributed by atoms with van der Waals surface area (Å²) in [6, 6.07) is 2.67. The summed E-state index contributed by atoms with van der Waals surface area (Å²) in [6.45, 7) is 3.62. The lowest BCUT2D eigenvalue weighted by molar-refractivity contribution is -0.345. The molecule has 1 aromatic carbocycles. The van der Waals surface area contributed by atoms with E-state index in [1.54, 1.807) is 13.8 Å². The third-order valence-electron chi connectivity index (χ3n) is 4.53. The van der Waals surface area contributed by atoms with Gasteiger partial charge in [0.25, 0.3) is 0 Å². The third kappa shape index (κ3) is 5.42. The van der Waals surface area contributed by atoms with Crippen LogP contribution in [0.3, 0.4) is 0 Å². The van der Waals surface area contributed by atoms with Crippen molar-refractivity contribution in [3.05, 3.63) is 34.6 Å². The van der Waals surface area contributed by atoms with Crippen LogP contribution in [0.1, 0.15) is 60.0 Å². The molecular weight excluding hydrogens is 420 g/mol. The van der Waals surface area contributed by atoms with E-state index in [9.17, 15) is 22.4 Å². The highest BCUT2D eigenvalue weighted by atomic mass is 79.9. The molecule has 26 heavy (non-hydrogen) atoms. The molecular formula is C18H21BrF4O3. The van der Waals surface area contributed by atoms with Crippen LogP contribution in [-0.4, -0.2) is 25.0 Å². The van der Waals surface area contributed by atoms with Gasteiger partial charge in [0.05, 0.1) is 12.7 Å². The molecule has 0 radical (unpaired) electrons. The first-order valence-corrected chi connectivity index (χ1v) is 9.39. The van der Waals surface area contributed by atoms with Crippen molar-refractivity contribution in [2.24, 2.45) is 0 Å². The number of halogens is 5. The molecule has 0 spiro atoms. The minimum Gasteiger partial charge on any atom is -0.465 e. The molecule has 1 aliphatic rings. The Kier molecular flexibility index (Phi) is 7.07. The van der Waals surface area contributed by atoms with Crippen molar-refractivity contribution in [2.45, 2.75) is 62.7 Å². The Morgan fingerprint density at radius 1 is 1.27 bits per heavy atom. The molecule has 1 aliphatic carbocycles. The first-order chi connectivity index (χ1) is 12.1. The molecule has 1 unspecified atom stereocenters. The summed E-state index contributed by atoms with van der Waals surface area (Å²) in [4.78, 5) is 11.3. The number of esters is 1. The molecule has 8 heteroatoms. The first-order valence-electron chi connectivity index (χ1n) is 8.47. The molecule has 0 bridgehead atoms. The van der Waals surface area contributed by atoms with Gasteiger partial charge in [-0.2, -0.15) is 0 Å². The minimum absolute atomic E-state index is 0.0619. The first kappa shape index (κ1) is 21.2. The number of hydrogen-bond acceptors (Lipinski definition) is 3. The topological polar surface area (TPSA) is 35.5 Å². The van der Waals surface area contributed by atoms with Gasteiger partial charge in [0.15, 0.2) is 0 Å². The molecule has 1 atom stereocenters. The number of carbonyl (C=O) groups is 1. The van der Waals surface area contributed by atoms with E-state index in [1.165, 1.54) is 12.1 Å². The van der Waals surface area contributed by atoms with E-state index in [1.807, 2.05) is 0 Å². The van der Waals surface area contributed by atoms with Gasteiger partial charge in [0, 0.05) is 0 Å². The van der Waals surface area contributed by atoms with E-state index in [0.29, 0.717) is 24.0 Å². The number of hydrogen-bond donors (Lipinski definition) is 0. The zero-order valence-electron chi connectivity index (χ0n) is 14.5. The molecule has 0 saturated heterocycles. The fourth-order valence-corrected chi connectivity index (χ4v) is 4.06. The van der Waals surface area contributed by atoms with Gasteiger partial charge in [-0.25, -0.2) is 4.39 Å². The van der Waals surface area contributed by atoms with Gasteiger partial charge < -0.3 is 4.74 Å². The lowest BCUT2D eigenvalue weighted by atomic mass is 9.78. The van der Waals surface area contributed by atoms with Gasteiger partial charge in [0.1, 0.15) is 10.6 Å². The van der Waals surface area contributed by atoms with Crippen LogP contribution >= 0.6 is 15.9 Å². The molecule has 3 nitrogen and oxygen atoms in total. The number of aryl methyl sites for hydroxylation is 1. The van der Waals surface area contributed by atoms with Crippen molar-refractivity contribution in [1.29, 1.82) is 0 Å². The van der Waals surface area contributed by atoms with Crippen LogP contribution in [0.4, 0.5) is 17.6 Å². The number of benzene rings is 1. The Morgan fingerprint density at radius 2 is 1.88 bits per heavy atom. The molecule has 0 heterocycles. The van der Waals surface area contributed by atoms with Crippen LogP contribution in [0.2, 0.25) is 0 Å². The Hall–Kier alpha value is -1.15. The van der Waals surface area contributed by atoms with Gasteiger partial charge in [-0.15, -0.1) is 13.2 Å². The highest BCUT2D eigenvalue weighted by Gasteiger charge is 2.36. The normalized spacial score (nSPS) is 22.1. The molecule has 0 N–H and O–H groups in total. The van der Waals surface area contributed by atoms with Gasteiger partial charge in [-0.1, -0.05) is 15.9 Å². The smallest absolute Gasteiger partial charge is 0.465 e. The molecule has 146 valence electrons. The highest BCUT2D eigenvalue weighted by Crippen LogP contribution is 2.42. The second-order valence-electron chi connectivity index (χ2n) is 6.38. The fourth-order valence-electron chi connectivity index (χ4n) is 3.55. The summed E-state index contributed by atoms with van der Waals surface area (Å²) in [6.07, 6.45) is -4.04. The van der Waals surface area contributed by atoms with Crippen LogP contribution in [-0.2, 0) is 14.3 Å². The number of rotatable bonds is 5. The number of ether oxygens (including phenoxy) is 2. The molecule has 1 aromatic rings. The van der Waals surface area contributed by atoms with Crippen molar-refractivity contribution in [2.75, 3.05) is 6.61 Å². The van der Waals surface area contributed by atoms with Crippen LogP contribution in [0, 0.1) is 12.7 Å². The maximum absolute atomic E-state index is 13.9. The molecule has 0 aliphatic heterocycles. The Labute approximate surface area is 158 Å². The molecule has 1 fully saturated rings. The van der Waals surface area contributed by atoms with Crippen molar-refractivity contribution >= 4 is 21.9 Å². The van der Waals surface area contributed by atoms with E-state index in [2.05, 4.69) is 20.7 Å². The largest absolute Gasteiger partial charge is 0.522 e. The van der Waals surface area contributed by atoms with E-state index >= 15 is 0 Å². The Morgan fingerprint density at radius 3 is 2.42 bits per heavy atom. The van der Waals surface area contributed by atoms with Crippen molar-refractivity contribution in [1.82, 2.24) is 0 Å². The van der Waals surface area contributed by atoms with Gasteiger partial charge >= 0.3 is 12.3 Å². The number of carbonyl (C=O) groups excluding carboxylic acids is 1. The lowest BCUT2D eigenvalue weighted by Gasteiger charge is -2.31. The Balaban J connectivity index is 2.23. The van der Waals surface area contributed by atoms with Crippen LogP contribution in [0.5, 0.6) is 0 Å². The minimum atomic E-state index is -4.64. The second-order valence-corrected chi connectivity index (χ2v) is 7.29. The predicted molar refractivity (Wildman–Crippen MR) is 91.6 cm³/mol. The van der Waals surface area contributed by atoms with Crippen LogP contribution in [0.25, 0.3) is 0 Å². The third-order valence-corrected chi connectivity index (χ3v) is 5.40. The second kappa shape index (κ2) is 8.69. The summed E-state index contributed by atoms with van der Waals surface area (Å²) in [5.41, 5.74) is 1.95. The lowest BCUT2D eigenvalue weighted by Crippen LogP contribution is -2.28. The van der Waals surface area contributed by atoms with Crippen molar-refractivity contribution in [3.8, 4) is 0 Å². The summed E-state index contributed by atoms with van der Waals surface area (Å²) in [5, 5.41) is 0. The molecule has 1 saturated carbocycles. The summed E-state index contributed by atoms with van der Waals surface area (Å²) in [5.74, 6) is -1.05. The average molecular weight is 441 g/mol. The molecule has 2 rings (SSSR count). The average Bonchev–Trinajstić information content (AvgIpc) is 2.53. The molecule has 0 aromatic heterocycles. The van der Waals surface area contributed by atoms with Crippen LogP contribution in [0.15, 0.2) is 12.1 Å². The summed E-state index contributed by atoms with van der Waals surface area (Å²) < 4.78 is 60.2. The molecule has 0 amide bonds. The van der Waals surface area contributed by atoms with E-state index < -0.39 is 29.1 Å². The van der Waals surface area contributed by atoms with E-state index in [4.69, 9.17) is 4.74 Å². The highest BCUT2D eigenvalue weighted by molar-refractivity contribution is 9.09. The number of alkyl halides is 4. The van der Waals surface area contributed by atoms with Gasteiger partial charge in [-0.3, -0.25) is 9.53 Å². The SMILES string of the molecule is CCOC(=O)C(Br)c1cc(F)cc(C)c1C1CCC(OC(F)(F)F)CC1. The van der Waals surface area contributed by atoms with E-state index in [-0.39, 0.29) is 25.4 Å². The standard InChI is InChI=1S/C18H21BrF4O3/c1-3-25-17(24)16(19)14-9-12(20)8-10(2)15(14)11-4-6-13(7-5-11)26-18(21,22)23/h8-9,11,13,16H,3-7H2,1-2H3. The van der Waals surface area contributed by atoms with Gasteiger partial charge in [-0.05, 0) is 74.3 Å². The maximum Gasteiger partial charge on any atom is 0.522 e. The predicted octanol–water partition coefficient (Wildman–Crippen LogP) is 5.70. The quantitative estimate of drug-likeness (QED) is 0.334. The summed E-state index contributed by atoms with van der Waals surface area (Å²) >= 11 is 3.28. The summed E-state index contributed by atoms with van der Waals surface area (Å²) in [7, 11) is 0. The Bertz CT molecular complexity index is 640.